The summed E-state index contributed by atoms with van der Waals surface area (Å²) in [6, 6.07) is 7.55. The number of hydrogen-bond donors (Lipinski definition) is 1. The second-order valence-corrected chi connectivity index (χ2v) is 4.69. The van der Waals surface area contributed by atoms with Crippen molar-refractivity contribution >= 4 is 11.8 Å². The Bertz CT molecular complexity index is 487. The van der Waals surface area contributed by atoms with E-state index in [1.165, 1.54) is 4.90 Å². The number of rotatable bonds is 3. The van der Waals surface area contributed by atoms with Crippen molar-refractivity contribution in [3.63, 3.8) is 0 Å². The Balaban J connectivity index is 1.97. The van der Waals surface area contributed by atoms with Crippen LogP contribution in [0.1, 0.15) is 12.5 Å². The first-order valence-electron chi connectivity index (χ1n) is 6.35. The van der Waals surface area contributed by atoms with E-state index in [0.29, 0.717) is 18.8 Å². The van der Waals surface area contributed by atoms with Crippen LogP contribution in [-0.2, 0) is 9.59 Å². The third-order valence-corrected chi connectivity index (χ3v) is 3.00. The van der Waals surface area contributed by atoms with Gasteiger partial charge in [-0.3, -0.25) is 9.59 Å². The van der Waals surface area contributed by atoms with Gasteiger partial charge in [-0.2, -0.15) is 0 Å². The van der Waals surface area contributed by atoms with Crippen molar-refractivity contribution in [3.8, 4) is 5.75 Å². The van der Waals surface area contributed by atoms with E-state index in [2.05, 4.69) is 5.32 Å². The lowest BCUT2D eigenvalue weighted by atomic mass is 10.2. The van der Waals surface area contributed by atoms with Gasteiger partial charge in [0, 0.05) is 13.1 Å². The molecule has 19 heavy (non-hydrogen) atoms. The smallest absolute Gasteiger partial charge is 0.263 e. The molecule has 5 heteroatoms. The molecule has 0 bridgehead atoms. The summed E-state index contributed by atoms with van der Waals surface area (Å²) in [5.74, 6) is 0.390. The summed E-state index contributed by atoms with van der Waals surface area (Å²) in [6.45, 7) is 4.82. The standard InChI is InChI=1S/C14H18N2O3/c1-10-4-3-5-12(8-10)19-11(2)14(18)16-7-6-15-13(17)9-16/h3-5,8,11H,6-7,9H2,1-2H3,(H,15,17)/t11-/m0/s1. The molecule has 1 aromatic rings. The fourth-order valence-corrected chi connectivity index (χ4v) is 2.03. The van der Waals surface area contributed by atoms with Gasteiger partial charge in [-0.15, -0.1) is 0 Å². The Morgan fingerprint density at radius 2 is 2.26 bits per heavy atom. The molecule has 1 aliphatic heterocycles. The Kier molecular flexibility index (Phi) is 4.04. The molecule has 5 nitrogen and oxygen atoms in total. The van der Waals surface area contributed by atoms with Crippen LogP contribution in [0.15, 0.2) is 24.3 Å². The molecule has 0 aromatic heterocycles. The van der Waals surface area contributed by atoms with Crippen molar-refractivity contribution in [2.24, 2.45) is 0 Å². The van der Waals surface area contributed by atoms with E-state index in [1.54, 1.807) is 6.92 Å². The maximum Gasteiger partial charge on any atom is 0.263 e. The highest BCUT2D eigenvalue weighted by atomic mass is 16.5. The Labute approximate surface area is 112 Å². The number of aryl methyl sites for hydroxylation is 1. The minimum absolute atomic E-state index is 0.111. The predicted molar refractivity (Wildman–Crippen MR) is 70.9 cm³/mol. The van der Waals surface area contributed by atoms with Crippen LogP contribution in [0.2, 0.25) is 0 Å². The number of piperazine rings is 1. The Morgan fingerprint density at radius 3 is 2.95 bits per heavy atom. The molecule has 0 unspecified atom stereocenters. The Morgan fingerprint density at radius 1 is 1.47 bits per heavy atom. The third kappa shape index (κ3) is 3.47. The summed E-state index contributed by atoms with van der Waals surface area (Å²) in [7, 11) is 0. The second kappa shape index (κ2) is 5.73. The average Bonchev–Trinajstić information content (AvgIpc) is 2.38. The van der Waals surface area contributed by atoms with E-state index in [1.807, 2.05) is 31.2 Å². The minimum Gasteiger partial charge on any atom is -0.481 e. The molecule has 1 heterocycles. The van der Waals surface area contributed by atoms with Crippen LogP contribution in [0, 0.1) is 6.92 Å². The van der Waals surface area contributed by atoms with Crippen LogP contribution in [0.5, 0.6) is 5.75 Å². The van der Waals surface area contributed by atoms with Crippen molar-refractivity contribution in [2.45, 2.75) is 20.0 Å². The maximum atomic E-state index is 12.2. The molecule has 0 radical (unpaired) electrons. The van der Waals surface area contributed by atoms with E-state index < -0.39 is 6.10 Å². The molecule has 1 atom stereocenters. The molecular weight excluding hydrogens is 244 g/mol. The molecule has 1 saturated heterocycles. The summed E-state index contributed by atoms with van der Waals surface area (Å²) >= 11 is 0. The van der Waals surface area contributed by atoms with Gasteiger partial charge in [-0.25, -0.2) is 0 Å². The lowest BCUT2D eigenvalue weighted by molar-refractivity contribution is -0.143. The van der Waals surface area contributed by atoms with Gasteiger partial charge in [0.2, 0.25) is 5.91 Å². The molecule has 0 aliphatic carbocycles. The summed E-state index contributed by atoms with van der Waals surface area (Å²) in [4.78, 5) is 24.9. The fourth-order valence-electron chi connectivity index (χ4n) is 2.03. The SMILES string of the molecule is Cc1cccc(O[C@@H](C)C(=O)N2CCNC(=O)C2)c1. The largest absolute Gasteiger partial charge is 0.481 e. The summed E-state index contributed by atoms with van der Waals surface area (Å²) in [5.41, 5.74) is 1.08. The van der Waals surface area contributed by atoms with Gasteiger partial charge in [0.1, 0.15) is 5.75 Å². The molecule has 0 saturated carbocycles. The third-order valence-electron chi connectivity index (χ3n) is 3.00. The van der Waals surface area contributed by atoms with Gasteiger partial charge in [-0.05, 0) is 31.5 Å². The van der Waals surface area contributed by atoms with Crippen LogP contribution in [0.4, 0.5) is 0 Å². The molecule has 1 fully saturated rings. The molecule has 0 spiro atoms. The summed E-state index contributed by atoms with van der Waals surface area (Å²) in [5, 5.41) is 2.69. The first kappa shape index (κ1) is 13.4. The highest BCUT2D eigenvalue weighted by molar-refractivity contribution is 5.88. The van der Waals surface area contributed by atoms with Gasteiger partial charge in [0.15, 0.2) is 6.10 Å². The molecule has 2 amide bonds. The van der Waals surface area contributed by atoms with E-state index in [4.69, 9.17) is 4.74 Å². The number of hydrogen-bond acceptors (Lipinski definition) is 3. The molecular formula is C14H18N2O3. The van der Waals surface area contributed by atoms with Crippen molar-refractivity contribution < 1.29 is 14.3 Å². The number of amides is 2. The normalized spacial score (nSPS) is 16.7. The van der Waals surface area contributed by atoms with E-state index in [9.17, 15) is 9.59 Å². The van der Waals surface area contributed by atoms with Crippen LogP contribution in [0.3, 0.4) is 0 Å². The van der Waals surface area contributed by atoms with Crippen LogP contribution < -0.4 is 10.1 Å². The second-order valence-electron chi connectivity index (χ2n) is 4.69. The number of nitrogens with one attached hydrogen (secondary N) is 1. The molecule has 102 valence electrons. The van der Waals surface area contributed by atoms with Crippen molar-refractivity contribution in [3.05, 3.63) is 29.8 Å². The minimum atomic E-state index is -0.590. The molecule has 2 rings (SSSR count). The van der Waals surface area contributed by atoms with Gasteiger partial charge < -0.3 is 15.0 Å². The summed E-state index contributed by atoms with van der Waals surface area (Å²) in [6.07, 6.45) is -0.590. The monoisotopic (exact) mass is 262 g/mol. The van der Waals surface area contributed by atoms with Gasteiger partial charge in [0.05, 0.1) is 6.54 Å². The lowest BCUT2D eigenvalue weighted by Gasteiger charge is -2.29. The van der Waals surface area contributed by atoms with Crippen molar-refractivity contribution in [2.75, 3.05) is 19.6 Å². The van der Waals surface area contributed by atoms with Gasteiger partial charge in [-0.1, -0.05) is 12.1 Å². The highest BCUT2D eigenvalue weighted by Crippen LogP contribution is 2.15. The lowest BCUT2D eigenvalue weighted by Crippen LogP contribution is -2.53. The zero-order valence-corrected chi connectivity index (χ0v) is 11.2. The highest BCUT2D eigenvalue weighted by Gasteiger charge is 2.26. The van der Waals surface area contributed by atoms with Gasteiger partial charge >= 0.3 is 0 Å². The number of ether oxygens (including phenoxy) is 1. The van der Waals surface area contributed by atoms with E-state index >= 15 is 0 Å². The van der Waals surface area contributed by atoms with Crippen molar-refractivity contribution in [1.82, 2.24) is 10.2 Å². The van der Waals surface area contributed by atoms with Crippen LogP contribution in [0.25, 0.3) is 0 Å². The zero-order chi connectivity index (χ0) is 13.8. The van der Waals surface area contributed by atoms with Crippen LogP contribution >= 0.6 is 0 Å². The molecule has 1 N–H and O–H groups in total. The van der Waals surface area contributed by atoms with Crippen molar-refractivity contribution in [1.29, 1.82) is 0 Å². The quantitative estimate of drug-likeness (QED) is 0.873. The number of carbonyl (C=O) groups is 2. The number of nitrogens with zero attached hydrogens (tertiary/aromatic N) is 1. The topological polar surface area (TPSA) is 58.6 Å². The maximum absolute atomic E-state index is 12.2. The zero-order valence-electron chi connectivity index (χ0n) is 11.2. The van der Waals surface area contributed by atoms with Crippen LogP contribution in [-0.4, -0.2) is 42.5 Å². The average molecular weight is 262 g/mol. The van der Waals surface area contributed by atoms with E-state index in [0.717, 1.165) is 5.56 Å². The van der Waals surface area contributed by atoms with Gasteiger partial charge in [0.25, 0.3) is 5.91 Å². The van der Waals surface area contributed by atoms with E-state index in [-0.39, 0.29) is 18.4 Å². The predicted octanol–water partition coefficient (Wildman–Crippen LogP) is 0.721. The first-order chi connectivity index (χ1) is 9.06. The Hall–Kier alpha value is -2.04. The first-order valence-corrected chi connectivity index (χ1v) is 6.35. The molecule has 1 aromatic carbocycles. The summed E-state index contributed by atoms with van der Waals surface area (Å²) < 4.78 is 5.62. The number of benzene rings is 1. The fraction of sp³-hybridized carbons (Fsp3) is 0.429. The molecule has 1 aliphatic rings. The number of carbonyl (C=O) groups excluding carboxylic acids is 2.